The topological polar surface area (TPSA) is 65.0 Å². The summed E-state index contributed by atoms with van der Waals surface area (Å²) in [5.41, 5.74) is 0.639. The summed E-state index contributed by atoms with van der Waals surface area (Å²) in [5, 5.41) is 0.579. The average Bonchev–Trinajstić information content (AvgIpc) is 2.71. The van der Waals surface area contributed by atoms with Gasteiger partial charge in [-0.1, -0.05) is 11.6 Å². The van der Waals surface area contributed by atoms with Crippen molar-refractivity contribution in [2.75, 3.05) is 7.11 Å². The van der Waals surface area contributed by atoms with Crippen LogP contribution in [-0.4, -0.2) is 31.0 Å². The quantitative estimate of drug-likeness (QED) is 0.780. The predicted molar refractivity (Wildman–Crippen MR) is 64.5 cm³/mol. The number of nitrogens with zero attached hydrogens (tertiary/aromatic N) is 1. The molecule has 0 N–H and O–H groups in total. The highest BCUT2D eigenvalue weighted by molar-refractivity contribution is 6.30. The zero-order valence-electron chi connectivity index (χ0n) is 9.55. The lowest BCUT2D eigenvalue weighted by Crippen LogP contribution is -2.19. The maximum absolute atomic E-state index is 11.5. The minimum Gasteiger partial charge on any atom is -0.469 e. The molecule has 0 spiro atoms. The SMILES string of the molecule is COC(=O)CC1N=C(c2ccc(Cl)cc2)OC1=O. The summed E-state index contributed by atoms with van der Waals surface area (Å²) in [5.74, 6) is -0.853. The molecule has 1 atom stereocenters. The Kier molecular flexibility index (Phi) is 3.62. The first-order valence-electron chi connectivity index (χ1n) is 5.22. The molecule has 1 unspecified atom stereocenters. The third kappa shape index (κ3) is 2.68. The number of esters is 2. The van der Waals surface area contributed by atoms with Gasteiger partial charge < -0.3 is 9.47 Å². The molecule has 5 nitrogen and oxygen atoms in total. The summed E-state index contributed by atoms with van der Waals surface area (Å²) in [7, 11) is 1.26. The van der Waals surface area contributed by atoms with E-state index in [1.54, 1.807) is 24.3 Å². The molecule has 0 bridgehead atoms. The molecule has 1 aliphatic rings. The smallest absolute Gasteiger partial charge is 0.338 e. The second-order valence-electron chi connectivity index (χ2n) is 3.66. The van der Waals surface area contributed by atoms with E-state index in [1.165, 1.54) is 7.11 Å². The Hall–Kier alpha value is -1.88. The lowest BCUT2D eigenvalue weighted by atomic mass is 10.2. The molecule has 0 aliphatic carbocycles. The fourth-order valence-corrected chi connectivity index (χ4v) is 1.61. The van der Waals surface area contributed by atoms with Crippen LogP contribution in [0.5, 0.6) is 0 Å². The van der Waals surface area contributed by atoms with Gasteiger partial charge in [0, 0.05) is 10.6 Å². The van der Waals surface area contributed by atoms with Gasteiger partial charge in [-0.2, -0.15) is 0 Å². The van der Waals surface area contributed by atoms with Crippen LogP contribution in [0.15, 0.2) is 29.3 Å². The molecule has 0 saturated heterocycles. The van der Waals surface area contributed by atoms with Crippen molar-refractivity contribution in [1.82, 2.24) is 0 Å². The van der Waals surface area contributed by atoms with Crippen LogP contribution < -0.4 is 0 Å². The van der Waals surface area contributed by atoms with Crippen molar-refractivity contribution < 1.29 is 19.1 Å². The molecule has 1 aromatic rings. The average molecular weight is 268 g/mol. The second kappa shape index (κ2) is 5.18. The van der Waals surface area contributed by atoms with Crippen LogP contribution in [0.4, 0.5) is 0 Å². The number of hydrogen-bond acceptors (Lipinski definition) is 5. The molecule has 0 amide bonds. The van der Waals surface area contributed by atoms with Gasteiger partial charge in [0.2, 0.25) is 5.90 Å². The molecule has 0 aromatic heterocycles. The third-order valence-electron chi connectivity index (χ3n) is 2.42. The molecule has 0 radical (unpaired) electrons. The monoisotopic (exact) mass is 267 g/mol. The first kappa shape index (κ1) is 12.6. The van der Waals surface area contributed by atoms with E-state index in [4.69, 9.17) is 16.3 Å². The molecule has 0 saturated carbocycles. The van der Waals surface area contributed by atoms with E-state index in [2.05, 4.69) is 9.73 Å². The lowest BCUT2D eigenvalue weighted by Gasteiger charge is -2.00. The van der Waals surface area contributed by atoms with Gasteiger partial charge >= 0.3 is 11.9 Å². The van der Waals surface area contributed by atoms with Gasteiger partial charge in [0.25, 0.3) is 0 Å². The van der Waals surface area contributed by atoms with Crippen molar-refractivity contribution >= 4 is 29.4 Å². The van der Waals surface area contributed by atoms with Crippen molar-refractivity contribution in [2.45, 2.75) is 12.5 Å². The van der Waals surface area contributed by atoms with E-state index in [0.717, 1.165) is 0 Å². The number of carbonyl (C=O) groups excluding carboxylic acids is 2. The third-order valence-corrected chi connectivity index (χ3v) is 2.67. The Balaban J connectivity index is 2.16. The highest BCUT2D eigenvalue weighted by atomic mass is 35.5. The number of hydrogen-bond donors (Lipinski definition) is 0. The normalized spacial score (nSPS) is 18.2. The zero-order chi connectivity index (χ0) is 13.1. The van der Waals surface area contributed by atoms with Crippen LogP contribution in [0.1, 0.15) is 12.0 Å². The molecular formula is C12H10ClNO4. The molecular weight excluding hydrogens is 258 g/mol. The van der Waals surface area contributed by atoms with Gasteiger partial charge in [0.15, 0.2) is 6.04 Å². The van der Waals surface area contributed by atoms with E-state index in [9.17, 15) is 9.59 Å². The first-order chi connectivity index (χ1) is 8.60. The number of cyclic esters (lactones) is 1. The standard InChI is InChI=1S/C12H10ClNO4/c1-17-10(15)6-9-12(16)18-11(14-9)7-2-4-8(13)5-3-7/h2-5,9H,6H2,1H3. The first-order valence-corrected chi connectivity index (χ1v) is 5.60. The predicted octanol–water partition coefficient (Wildman–Crippen LogP) is 1.58. The van der Waals surface area contributed by atoms with Crippen molar-refractivity contribution in [1.29, 1.82) is 0 Å². The van der Waals surface area contributed by atoms with Gasteiger partial charge in [-0.15, -0.1) is 0 Å². The number of methoxy groups -OCH3 is 1. The van der Waals surface area contributed by atoms with Gasteiger partial charge in [0.1, 0.15) is 0 Å². The minimum atomic E-state index is -0.830. The van der Waals surface area contributed by atoms with Crippen LogP contribution >= 0.6 is 11.6 Å². The van der Waals surface area contributed by atoms with E-state index in [1.807, 2.05) is 0 Å². The molecule has 1 aliphatic heterocycles. The summed E-state index contributed by atoms with van der Waals surface area (Å²) in [4.78, 5) is 26.6. The fraction of sp³-hybridized carbons (Fsp3) is 0.250. The Morgan fingerprint density at radius 3 is 2.72 bits per heavy atom. The van der Waals surface area contributed by atoms with Crippen LogP contribution in [0, 0.1) is 0 Å². The molecule has 1 aromatic carbocycles. The van der Waals surface area contributed by atoms with Crippen molar-refractivity contribution in [3.8, 4) is 0 Å². The Bertz CT molecular complexity index is 509. The summed E-state index contributed by atoms with van der Waals surface area (Å²) < 4.78 is 9.49. The Morgan fingerprint density at radius 1 is 1.44 bits per heavy atom. The van der Waals surface area contributed by atoms with Crippen LogP contribution in [0.25, 0.3) is 0 Å². The molecule has 2 rings (SSSR count). The molecule has 18 heavy (non-hydrogen) atoms. The maximum Gasteiger partial charge on any atom is 0.338 e. The van der Waals surface area contributed by atoms with Crippen LogP contribution in [0.3, 0.4) is 0 Å². The number of benzene rings is 1. The fourth-order valence-electron chi connectivity index (χ4n) is 1.48. The number of carbonyl (C=O) groups is 2. The summed E-state index contributed by atoms with van der Waals surface area (Å²) >= 11 is 5.75. The van der Waals surface area contributed by atoms with Gasteiger partial charge in [-0.25, -0.2) is 9.79 Å². The van der Waals surface area contributed by atoms with Gasteiger partial charge in [-0.3, -0.25) is 4.79 Å². The molecule has 1 heterocycles. The largest absolute Gasteiger partial charge is 0.469 e. The number of rotatable bonds is 3. The molecule has 94 valence electrons. The molecule has 0 fully saturated rings. The van der Waals surface area contributed by atoms with Crippen molar-refractivity contribution in [3.05, 3.63) is 34.9 Å². The summed E-state index contributed by atoms with van der Waals surface area (Å²) in [6, 6.07) is 5.88. The highest BCUT2D eigenvalue weighted by Gasteiger charge is 2.31. The number of ether oxygens (including phenoxy) is 2. The van der Waals surface area contributed by atoms with E-state index < -0.39 is 18.0 Å². The van der Waals surface area contributed by atoms with Crippen LogP contribution in [-0.2, 0) is 19.1 Å². The maximum atomic E-state index is 11.5. The van der Waals surface area contributed by atoms with Crippen molar-refractivity contribution in [2.24, 2.45) is 4.99 Å². The van der Waals surface area contributed by atoms with E-state index >= 15 is 0 Å². The summed E-state index contributed by atoms with van der Waals surface area (Å²) in [6.07, 6.45) is -0.119. The van der Waals surface area contributed by atoms with E-state index in [-0.39, 0.29) is 12.3 Å². The van der Waals surface area contributed by atoms with E-state index in [0.29, 0.717) is 10.6 Å². The van der Waals surface area contributed by atoms with Gasteiger partial charge in [0.05, 0.1) is 13.5 Å². The number of halogens is 1. The van der Waals surface area contributed by atoms with Crippen LogP contribution in [0.2, 0.25) is 5.02 Å². The minimum absolute atomic E-state index is 0.119. The highest BCUT2D eigenvalue weighted by Crippen LogP contribution is 2.17. The lowest BCUT2D eigenvalue weighted by molar-refractivity contribution is -0.145. The van der Waals surface area contributed by atoms with Gasteiger partial charge in [-0.05, 0) is 24.3 Å². The Morgan fingerprint density at radius 2 is 2.11 bits per heavy atom. The molecule has 6 heteroatoms. The summed E-state index contributed by atoms with van der Waals surface area (Å²) in [6.45, 7) is 0. The number of aliphatic imine (C=N–C) groups is 1. The Labute approximate surface area is 108 Å². The second-order valence-corrected chi connectivity index (χ2v) is 4.09. The zero-order valence-corrected chi connectivity index (χ0v) is 10.3. The van der Waals surface area contributed by atoms with Crippen molar-refractivity contribution in [3.63, 3.8) is 0 Å².